The van der Waals surface area contributed by atoms with E-state index >= 15 is 0 Å². The van der Waals surface area contributed by atoms with Crippen LogP contribution in [0.25, 0.3) is 0 Å². The van der Waals surface area contributed by atoms with Gasteiger partial charge < -0.3 is 10.1 Å². The summed E-state index contributed by atoms with van der Waals surface area (Å²) in [7, 11) is 1.74. The molecule has 3 heteroatoms. The van der Waals surface area contributed by atoms with Crippen LogP contribution in [-0.4, -0.2) is 24.2 Å². The number of thioether (sulfide) groups is 1. The van der Waals surface area contributed by atoms with Gasteiger partial charge in [-0.1, -0.05) is 24.6 Å². The van der Waals surface area contributed by atoms with E-state index in [0.717, 1.165) is 11.0 Å². The fourth-order valence-electron chi connectivity index (χ4n) is 2.57. The summed E-state index contributed by atoms with van der Waals surface area (Å²) in [5.41, 5.74) is 2.55. The van der Waals surface area contributed by atoms with Crippen molar-refractivity contribution in [1.82, 2.24) is 5.32 Å². The number of rotatable bonds is 4. The predicted octanol–water partition coefficient (Wildman–Crippen LogP) is 3.55. The van der Waals surface area contributed by atoms with Crippen LogP contribution in [0.5, 0.6) is 5.75 Å². The van der Waals surface area contributed by atoms with Gasteiger partial charge in [-0.25, -0.2) is 0 Å². The van der Waals surface area contributed by atoms with Gasteiger partial charge in [0.2, 0.25) is 0 Å². The van der Waals surface area contributed by atoms with Gasteiger partial charge in [-0.05, 0) is 26.3 Å². The highest BCUT2D eigenvalue weighted by Crippen LogP contribution is 2.30. The van der Waals surface area contributed by atoms with Crippen molar-refractivity contribution < 1.29 is 4.74 Å². The van der Waals surface area contributed by atoms with Gasteiger partial charge in [0, 0.05) is 28.6 Å². The van der Waals surface area contributed by atoms with Gasteiger partial charge in [0.15, 0.2) is 0 Å². The van der Waals surface area contributed by atoms with Crippen molar-refractivity contribution >= 4 is 11.8 Å². The Morgan fingerprint density at radius 2 is 2.22 bits per heavy atom. The second kappa shape index (κ2) is 5.98. The maximum Gasteiger partial charge on any atom is 0.123 e. The van der Waals surface area contributed by atoms with E-state index in [9.17, 15) is 0 Å². The van der Waals surface area contributed by atoms with Gasteiger partial charge in [-0.2, -0.15) is 11.8 Å². The Hall–Kier alpha value is -0.670. The summed E-state index contributed by atoms with van der Waals surface area (Å²) in [6.07, 6.45) is 1.27. The molecule has 100 valence electrons. The Balaban J connectivity index is 2.08. The lowest BCUT2D eigenvalue weighted by Crippen LogP contribution is -2.31. The van der Waals surface area contributed by atoms with Crippen LogP contribution >= 0.6 is 11.8 Å². The topological polar surface area (TPSA) is 21.3 Å². The molecule has 18 heavy (non-hydrogen) atoms. The molecule has 3 unspecified atom stereocenters. The van der Waals surface area contributed by atoms with Gasteiger partial charge in [-0.3, -0.25) is 0 Å². The summed E-state index contributed by atoms with van der Waals surface area (Å²) < 4.78 is 5.46. The third kappa shape index (κ3) is 3.21. The zero-order valence-electron chi connectivity index (χ0n) is 11.7. The molecule has 1 aromatic carbocycles. The van der Waals surface area contributed by atoms with Crippen LogP contribution in [-0.2, 0) is 0 Å². The molecule has 1 heterocycles. The third-order valence-corrected chi connectivity index (χ3v) is 4.89. The van der Waals surface area contributed by atoms with Crippen molar-refractivity contribution in [3.63, 3.8) is 0 Å². The highest BCUT2D eigenvalue weighted by molar-refractivity contribution is 8.00. The maximum absolute atomic E-state index is 5.46. The molecule has 1 aromatic rings. The third-order valence-electron chi connectivity index (χ3n) is 3.54. The molecule has 1 aliphatic rings. The Kier molecular flexibility index (Phi) is 4.57. The molecule has 1 saturated heterocycles. The average molecular weight is 265 g/mol. The number of hydrogen-bond donors (Lipinski definition) is 1. The molecule has 3 atom stereocenters. The molecule has 2 nitrogen and oxygen atoms in total. The summed E-state index contributed by atoms with van der Waals surface area (Å²) in [4.78, 5) is 0. The number of methoxy groups -OCH3 is 1. The van der Waals surface area contributed by atoms with E-state index < -0.39 is 0 Å². The monoisotopic (exact) mass is 265 g/mol. The van der Waals surface area contributed by atoms with Crippen LogP contribution in [0, 0.1) is 6.92 Å². The molecular formula is C15H23NOS. The minimum atomic E-state index is 0.343. The first-order valence-electron chi connectivity index (χ1n) is 6.62. The zero-order valence-corrected chi connectivity index (χ0v) is 12.5. The van der Waals surface area contributed by atoms with Crippen LogP contribution in [0.15, 0.2) is 18.2 Å². The fourth-order valence-corrected chi connectivity index (χ4v) is 3.73. The first-order valence-corrected chi connectivity index (χ1v) is 7.67. The lowest BCUT2D eigenvalue weighted by molar-refractivity contribution is 0.395. The van der Waals surface area contributed by atoms with Crippen molar-refractivity contribution in [2.75, 3.05) is 12.9 Å². The van der Waals surface area contributed by atoms with E-state index in [0.29, 0.717) is 12.1 Å². The standard InChI is InChI=1S/C15H23NOS/c1-10-5-6-15(17-4)14(7-10)12(3)16-13-8-11(2)18-9-13/h5-7,11-13,16H,8-9H2,1-4H3. The predicted molar refractivity (Wildman–Crippen MR) is 79.6 cm³/mol. The molecule has 0 aliphatic carbocycles. The first-order chi connectivity index (χ1) is 8.60. The summed E-state index contributed by atoms with van der Waals surface area (Å²) >= 11 is 2.06. The van der Waals surface area contributed by atoms with Crippen molar-refractivity contribution in [3.8, 4) is 5.75 Å². The maximum atomic E-state index is 5.46. The number of hydrogen-bond acceptors (Lipinski definition) is 3. The van der Waals surface area contributed by atoms with E-state index in [-0.39, 0.29) is 0 Å². The number of nitrogens with one attached hydrogen (secondary N) is 1. The normalized spacial score (nSPS) is 25.1. The molecule has 1 aliphatic heterocycles. The van der Waals surface area contributed by atoms with Gasteiger partial charge in [0.1, 0.15) is 5.75 Å². The zero-order chi connectivity index (χ0) is 13.1. The Bertz CT molecular complexity index is 407. The summed E-state index contributed by atoms with van der Waals surface area (Å²) in [6, 6.07) is 7.36. The highest BCUT2D eigenvalue weighted by Gasteiger charge is 2.24. The summed E-state index contributed by atoms with van der Waals surface area (Å²) in [5, 5.41) is 4.51. The van der Waals surface area contributed by atoms with E-state index in [4.69, 9.17) is 4.74 Å². The van der Waals surface area contributed by atoms with E-state index in [1.807, 2.05) is 0 Å². The lowest BCUT2D eigenvalue weighted by Gasteiger charge is -2.21. The number of aryl methyl sites for hydroxylation is 1. The molecule has 0 bridgehead atoms. The van der Waals surface area contributed by atoms with Crippen molar-refractivity contribution in [3.05, 3.63) is 29.3 Å². The lowest BCUT2D eigenvalue weighted by atomic mass is 10.0. The minimum absolute atomic E-state index is 0.343. The number of ether oxygens (including phenoxy) is 1. The van der Waals surface area contributed by atoms with E-state index in [1.165, 1.54) is 23.3 Å². The molecule has 0 saturated carbocycles. The molecule has 0 spiro atoms. The minimum Gasteiger partial charge on any atom is -0.496 e. The summed E-state index contributed by atoms with van der Waals surface area (Å²) in [6.45, 7) is 6.67. The van der Waals surface area contributed by atoms with Gasteiger partial charge in [0.05, 0.1) is 7.11 Å². The molecule has 0 amide bonds. The summed E-state index contributed by atoms with van der Waals surface area (Å²) in [5.74, 6) is 2.21. The van der Waals surface area contributed by atoms with Crippen LogP contribution < -0.4 is 10.1 Å². The van der Waals surface area contributed by atoms with Crippen LogP contribution in [0.1, 0.15) is 37.4 Å². The average Bonchev–Trinajstić information content (AvgIpc) is 2.74. The van der Waals surface area contributed by atoms with E-state index in [2.05, 4.69) is 56.0 Å². The van der Waals surface area contributed by atoms with Gasteiger partial charge in [0.25, 0.3) is 0 Å². The largest absolute Gasteiger partial charge is 0.496 e. The second-order valence-electron chi connectivity index (χ2n) is 5.21. The molecule has 2 rings (SSSR count). The second-order valence-corrected chi connectivity index (χ2v) is 6.68. The van der Waals surface area contributed by atoms with Crippen LogP contribution in [0.2, 0.25) is 0 Å². The number of benzene rings is 1. The van der Waals surface area contributed by atoms with Crippen LogP contribution in [0.3, 0.4) is 0 Å². The highest BCUT2D eigenvalue weighted by atomic mass is 32.2. The molecular weight excluding hydrogens is 242 g/mol. The van der Waals surface area contributed by atoms with Crippen molar-refractivity contribution in [2.45, 2.75) is 44.5 Å². The molecule has 0 aromatic heterocycles. The molecule has 1 N–H and O–H groups in total. The fraction of sp³-hybridized carbons (Fsp3) is 0.600. The quantitative estimate of drug-likeness (QED) is 0.899. The Morgan fingerprint density at radius 3 is 2.83 bits per heavy atom. The Morgan fingerprint density at radius 1 is 1.44 bits per heavy atom. The SMILES string of the molecule is COc1ccc(C)cc1C(C)NC1CSC(C)C1. The smallest absolute Gasteiger partial charge is 0.123 e. The Labute approximate surface area is 114 Å². The van der Waals surface area contributed by atoms with Crippen molar-refractivity contribution in [1.29, 1.82) is 0 Å². The molecule has 1 fully saturated rings. The van der Waals surface area contributed by atoms with Gasteiger partial charge in [-0.15, -0.1) is 0 Å². The van der Waals surface area contributed by atoms with Gasteiger partial charge >= 0.3 is 0 Å². The van der Waals surface area contributed by atoms with Crippen LogP contribution in [0.4, 0.5) is 0 Å². The first kappa shape index (κ1) is 13.8. The molecule has 0 radical (unpaired) electrons. The van der Waals surface area contributed by atoms with Crippen molar-refractivity contribution in [2.24, 2.45) is 0 Å². The van der Waals surface area contributed by atoms with E-state index in [1.54, 1.807) is 7.11 Å².